The first-order valence-corrected chi connectivity index (χ1v) is 4.08. The number of rotatable bonds is 2. The molecule has 1 rings (SSSR count). The smallest absolute Gasteiger partial charge is 0.0551 e. The van der Waals surface area contributed by atoms with Crippen molar-refractivity contribution in [3.63, 3.8) is 0 Å². The molecule has 0 spiro atoms. The minimum absolute atomic E-state index is 1.05. The molecule has 0 aromatic heterocycles. The van der Waals surface area contributed by atoms with E-state index in [0.29, 0.717) is 0 Å². The van der Waals surface area contributed by atoms with Gasteiger partial charge >= 0.3 is 0 Å². The molecule has 0 fully saturated rings. The third-order valence-electron chi connectivity index (χ3n) is 1.24. The Hall–Kier alpha value is -0.830. The molecule has 0 radical (unpaired) electrons. The van der Waals surface area contributed by atoms with Crippen LogP contribution in [0.3, 0.4) is 0 Å². The first kappa shape index (κ1) is 8.27. The predicted molar refractivity (Wildman–Crippen MR) is 50.8 cm³/mol. The van der Waals surface area contributed by atoms with E-state index in [2.05, 4.69) is 26.5 Å². The van der Waals surface area contributed by atoms with Crippen molar-refractivity contribution in [3.8, 4) is 0 Å². The van der Waals surface area contributed by atoms with E-state index < -0.39 is 0 Å². The molecule has 0 saturated carbocycles. The van der Waals surface area contributed by atoms with Gasteiger partial charge in [0, 0.05) is 17.1 Å². The van der Waals surface area contributed by atoms with Gasteiger partial charge in [-0.15, -0.1) is 0 Å². The fourth-order valence-electron chi connectivity index (χ4n) is 0.714. The van der Waals surface area contributed by atoms with Crippen LogP contribution < -0.4 is 5.43 Å². The molecular formula is C8H9BrN2. The molecular weight excluding hydrogens is 204 g/mol. The zero-order valence-corrected chi connectivity index (χ0v) is 7.80. The van der Waals surface area contributed by atoms with Gasteiger partial charge in [-0.3, -0.25) is 0 Å². The van der Waals surface area contributed by atoms with E-state index in [1.165, 1.54) is 0 Å². The second kappa shape index (κ2) is 4.13. The summed E-state index contributed by atoms with van der Waals surface area (Å²) < 4.78 is 1.05. The molecule has 1 aromatic rings. The summed E-state index contributed by atoms with van der Waals surface area (Å²) in [6, 6.07) is 7.92. The molecule has 1 N–H and O–H groups in total. The van der Waals surface area contributed by atoms with Crippen LogP contribution in [0.15, 0.2) is 33.8 Å². The van der Waals surface area contributed by atoms with Gasteiger partial charge in [0.1, 0.15) is 0 Å². The van der Waals surface area contributed by atoms with Gasteiger partial charge in [-0.2, -0.15) is 5.10 Å². The Balaban J connectivity index is 2.86. The maximum Gasteiger partial charge on any atom is 0.0551 e. The van der Waals surface area contributed by atoms with Crippen LogP contribution in [0.2, 0.25) is 0 Å². The third-order valence-corrected chi connectivity index (χ3v) is 1.96. The zero-order valence-electron chi connectivity index (χ0n) is 6.21. The van der Waals surface area contributed by atoms with E-state index in [-0.39, 0.29) is 0 Å². The number of benzene rings is 1. The van der Waals surface area contributed by atoms with Gasteiger partial charge in [0.15, 0.2) is 0 Å². The molecule has 11 heavy (non-hydrogen) atoms. The van der Waals surface area contributed by atoms with Crippen LogP contribution in [0.4, 0.5) is 0 Å². The van der Waals surface area contributed by atoms with Crippen LogP contribution in [0.25, 0.3) is 0 Å². The first-order valence-electron chi connectivity index (χ1n) is 3.29. The van der Waals surface area contributed by atoms with E-state index in [4.69, 9.17) is 0 Å². The van der Waals surface area contributed by atoms with Crippen molar-refractivity contribution >= 4 is 22.1 Å². The second-order valence-electron chi connectivity index (χ2n) is 2.00. The average Bonchev–Trinajstić information content (AvgIpc) is 2.03. The Bertz CT molecular complexity index is 258. The maximum atomic E-state index is 3.90. The molecule has 0 atom stereocenters. The van der Waals surface area contributed by atoms with E-state index >= 15 is 0 Å². The highest BCUT2D eigenvalue weighted by Crippen LogP contribution is 2.12. The normalized spacial score (nSPS) is 10.4. The minimum atomic E-state index is 1.05. The van der Waals surface area contributed by atoms with E-state index in [1.807, 2.05) is 24.3 Å². The van der Waals surface area contributed by atoms with Crippen LogP contribution in [0.5, 0.6) is 0 Å². The first-order chi connectivity index (χ1) is 5.34. The molecule has 0 unspecified atom stereocenters. The predicted octanol–water partition coefficient (Wildman–Crippen LogP) is 2.00. The third kappa shape index (κ3) is 2.35. The van der Waals surface area contributed by atoms with Gasteiger partial charge in [-0.25, -0.2) is 0 Å². The number of hydrazone groups is 1. The quantitative estimate of drug-likeness (QED) is 0.589. The monoisotopic (exact) mass is 212 g/mol. The van der Waals surface area contributed by atoms with Gasteiger partial charge in [-0.1, -0.05) is 34.1 Å². The molecule has 0 amide bonds. The van der Waals surface area contributed by atoms with Gasteiger partial charge in [0.2, 0.25) is 0 Å². The number of halogens is 1. The van der Waals surface area contributed by atoms with Crippen molar-refractivity contribution in [1.29, 1.82) is 0 Å². The van der Waals surface area contributed by atoms with Crippen molar-refractivity contribution < 1.29 is 0 Å². The molecule has 0 heterocycles. The Morgan fingerprint density at radius 2 is 2.18 bits per heavy atom. The second-order valence-corrected chi connectivity index (χ2v) is 2.86. The molecule has 2 nitrogen and oxygen atoms in total. The van der Waals surface area contributed by atoms with Crippen molar-refractivity contribution in [2.24, 2.45) is 5.10 Å². The van der Waals surface area contributed by atoms with Crippen LogP contribution in [-0.4, -0.2) is 13.3 Å². The molecule has 0 aliphatic heterocycles. The van der Waals surface area contributed by atoms with Gasteiger partial charge < -0.3 is 5.43 Å². The SMILES string of the molecule is CNN=Cc1ccccc1Br. The molecule has 0 aliphatic rings. The number of hydrogen-bond donors (Lipinski definition) is 1. The lowest BCUT2D eigenvalue weighted by atomic mass is 10.2. The van der Waals surface area contributed by atoms with Crippen LogP contribution >= 0.6 is 15.9 Å². The Labute approximate surface area is 74.4 Å². The fraction of sp³-hybridized carbons (Fsp3) is 0.125. The summed E-state index contributed by atoms with van der Waals surface area (Å²) >= 11 is 3.41. The standard InChI is InChI=1S/C8H9BrN2/c1-10-11-6-7-4-2-3-5-8(7)9/h2-6,10H,1H3. The summed E-state index contributed by atoms with van der Waals surface area (Å²) in [4.78, 5) is 0. The average molecular weight is 213 g/mol. The van der Waals surface area contributed by atoms with Gasteiger partial charge in [0.25, 0.3) is 0 Å². The largest absolute Gasteiger partial charge is 0.313 e. The van der Waals surface area contributed by atoms with Crippen molar-refractivity contribution in [2.75, 3.05) is 7.05 Å². The molecule has 0 bridgehead atoms. The minimum Gasteiger partial charge on any atom is -0.313 e. The van der Waals surface area contributed by atoms with Crippen molar-refractivity contribution in [3.05, 3.63) is 34.3 Å². The van der Waals surface area contributed by atoms with Crippen LogP contribution in [-0.2, 0) is 0 Å². The summed E-state index contributed by atoms with van der Waals surface area (Å²) in [5.41, 5.74) is 3.76. The number of hydrogen-bond acceptors (Lipinski definition) is 2. The Morgan fingerprint density at radius 1 is 1.45 bits per heavy atom. The molecule has 58 valence electrons. The van der Waals surface area contributed by atoms with Gasteiger partial charge in [-0.05, 0) is 6.07 Å². The van der Waals surface area contributed by atoms with Gasteiger partial charge in [0.05, 0.1) is 6.21 Å². The van der Waals surface area contributed by atoms with Crippen molar-refractivity contribution in [1.82, 2.24) is 5.43 Å². The van der Waals surface area contributed by atoms with E-state index in [9.17, 15) is 0 Å². The topological polar surface area (TPSA) is 24.4 Å². The Morgan fingerprint density at radius 3 is 2.82 bits per heavy atom. The van der Waals surface area contributed by atoms with Crippen LogP contribution in [0.1, 0.15) is 5.56 Å². The van der Waals surface area contributed by atoms with Crippen molar-refractivity contribution in [2.45, 2.75) is 0 Å². The summed E-state index contributed by atoms with van der Waals surface area (Å²) in [6.07, 6.45) is 1.77. The molecule has 0 saturated heterocycles. The summed E-state index contributed by atoms with van der Waals surface area (Å²) in [6.45, 7) is 0. The molecule has 1 aromatic carbocycles. The van der Waals surface area contributed by atoms with Crippen LogP contribution in [0, 0.1) is 0 Å². The fourth-order valence-corrected chi connectivity index (χ4v) is 1.10. The lowest BCUT2D eigenvalue weighted by Crippen LogP contribution is -1.94. The molecule has 0 aliphatic carbocycles. The summed E-state index contributed by atoms with van der Waals surface area (Å²) in [7, 11) is 1.77. The van der Waals surface area contributed by atoms with E-state index in [0.717, 1.165) is 10.0 Å². The summed E-state index contributed by atoms with van der Waals surface area (Å²) in [5.74, 6) is 0. The summed E-state index contributed by atoms with van der Waals surface area (Å²) in [5, 5.41) is 3.90. The highest BCUT2D eigenvalue weighted by Gasteiger charge is 1.91. The highest BCUT2D eigenvalue weighted by molar-refractivity contribution is 9.10. The maximum absolute atomic E-state index is 3.90. The Kier molecular flexibility index (Phi) is 3.11. The lowest BCUT2D eigenvalue weighted by Gasteiger charge is -1.94. The number of nitrogens with zero attached hydrogens (tertiary/aromatic N) is 1. The molecule has 3 heteroatoms. The van der Waals surface area contributed by atoms with E-state index in [1.54, 1.807) is 13.3 Å². The highest BCUT2D eigenvalue weighted by atomic mass is 79.9. The zero-order chi connectivity index (χ0) is 8.10. The number of nitrogens with one attached hydrogen (secondary N) is 1. The lowest BCUT2D eigenvalue weighted by molar-refractivity contribution is 0.908.